The number of methoxy groups -OCH3 is 2. The van der Waals surface area contributed by atoms with Crippen molar-refractivity contribution in [1.29, 1.82) is 5.26 Å². The minimum atomic E-state index is -0.877. The Morgan fingerprint density at radius 1 is 0.902 bits per heavy atom. The number of para-hydroxylation sites is 1. The molecular weight excluding hydrogens is 734 g/mol. The fourth-order valence-corrected chi connectivity index (χ4v) is 6.96. The van der Waals surface area contributed by atoms with Gasteiger partial charge < -0.3 is 14.2 Å². The van der Waals surface area contributed by atoms with Crippen LogP contribution in [0.1, 0.15) is 32.7 Å². The summed E-state index contributed by atoms with van der Waals surface area (Å²) >= 11 is 4.36. The Hall–Kier alpha value is -5.77. The van der Waals surface area contributed by atoms with Crippen LogP contribution in [-0.4, -0.2) is 54.6 Å². The third-order valence-corrected chi connectivity index (χ3v) is 9.78. The van der Waals surface area contributed by atoms with Gasteiger partial charge in [0.25, 0.3) is 0 Å². The van der Waals surface area contributed by atoms with Crippen LogP contribution in [0.25, 0.3) is 22.4 Å². The molecule has 2 amide bonds. The summed E-state index contributed by atoms with van der Waals surface area (Å²) in [6.45, 7) is -0.444. The average molecular weight is 763 g/mol. The van der Waals surface area contributed by atoms with Gasteiger partial charge in [-0.25, -0.2) is 14.7 Å². The molecule has 1 atom stereocenters. The number of hydrogen-bond acceptors (Lipinski definition) is 10. The highest BCUT2D eigenvalue weighted by molar-refractivity contribution is 9.10. The number of imide groups is 1. The number of aromatic nitrogens is 1. The summed E-state index contributed by atoms with van der Waals surface area (Å²) in [6.07, 6.45) is -0.134. The normalized spacial score (nSPS) is 13.8. The van der Waals surface area contributed by atoms with E-state index in [9.17, 15) is 24.4 Å². The van der Waals surface area contributed by atoms with Gasteiger partial charge in [-0.2, -0.15) is 5.26 Å². The van der Waals surface area contributed by atoms with E-state index in [4.69, 9.17) is 19.2 Å². The Morgan fingerprint density at radius 2 is 1.61 bits per heavy atom. The van der Waals surface area contributed by atoms with Gasteiger partial charge >= 0.3 is 5.97 Å². The van der Waals surface area contributed by atoms with Crippen LogP contribution in [0, 0.1) is 11.3 Å². The molecule has 10 nitrogen and oxygen atoms in total. The molecule has 0 aliphatic carbocycles. The molecular formula is C39H28BrN3O7S. The number of benzene rings is 4. The molecule has 6 rings (SSSR count). The number of pyridine rings is 1. The van der Waals surface area contributed by atoms with E-state index < -0.39 is 29.6 Å². The van der Waals surface area contributed by atoms with Crippen molar-refractivity contribution in [2.75, 3.05) is 25.7 Å². The molecule has 1 aliphatic heterocycles. The maximum atomic E-state index is 13.8. The van der Waals surface area contributed by atoms with Crippen molar-refractivity contribution in [1.82, 2.24) is 4.98 Å². The summed E-state index contributed by atoms with van der Waals surface area (Å²) in [4.78, 5) is 58.0. The fourth-order valence-electron chi connectivity index (χ4n) is 5.57. The first-order valence-electron chi connectivity index (χ1n) is 15.5. The third-order valence-electron chi connectivity index (χ3n) is 8.08. The Kier molecular flexibility index (Phi) is 10.6. The van der Waals surface area contributed by atoms with Crippen LogP contribution in [0.5, 0.6) is 11.5 Å². The first-order chi connectivity index (χ1) is 24.7. The van der Waals surface area contributed by atoms with Crippen molar-refractivity contribution in [3.05, 3.63) is 124 Å². The molecule has 1 aliphatic rings. The predicted molar refractivity (Wildman–Crippen MR) is 195 cm³/mol. The number of amides is 2. The van der Waals surface area contributed by atoms with Crippen LogP contribution in [0.2, 0.25) is 0 Å². The SMILES string of the molecule is COc1cccc(-c2cc(-c3ccccc3)nc(SC3CC(=O)N(c4ccc(C(=O)OCC(=O)c5ccc(Br)cc5)cc4)C3=O)c2C#N)c1OC. The van der Waals surface area contributed by atoms with Gasteiger partial charge in [0.2, 0.25) is 11.8 Å². The summed E-state index contributed by atoms with van der Waals surface area (Å²) in [7, 11) is 3.04. The summed E-state index contributed by atoms with van der Waals surface area (Å²) in [5, 5.41) is 9.85. The molecule has 1 fully saturated rings. The smallest absolute Gasteiger partial charge is 0.338 e. The van der Waals surface area contributed by atoms with E-state index in [1.165, 1.54) is 38.5 Å². The number of anilines is 1. The van der Waals surface area contributed by atoms with E-state index in [1.807, 2.05) is 36.4 Å². The second-order valence-corrected chi connectivity index (χ2v) is 13.3. The minimum Gasteiger partial charge on any atom is -0.493 e. The molecule has 12 heteroatoms. The second kappa shape index (κ2) is 15.4. The van der Waals surface area contributed by atoms with Gasteiger partial charge in [0.15, 0.2) is 23.9 Å². The molecule has 1 saturated heterocycles. The Labute approximate surface area is 306 Å². The van der Waals surface area contributed by atoms with Crippen LogP contribution >= 0.6 is 27.7 Å². The Bertz CT molecular complexity index is 2190. The molecule has 51 heavy (non-hydrogen) atoms. The highest BCUT2D eigenvalue weighted by Gasteiger charge is 2.41. The topological polar surface area (TPSA) is 136 Å². The Balaban J connectivity index is 1.25. The summed E-state index contributed by atoms with van der Waals surface area (Å²) < 4.78 is 17.2. The van der Waals surface area contributed by atoms with E-state index in [0.717, 1.165) is 26.7 Å². The molecule has 0 bridgehead atoms. The molecule has 254 valence electrons. The number of halogens is 1. The fraction of sp³-hybridized carbons (Fsp3) is 0.128. The zero-order valence-corrected chi connectivity index (χ0v) is 29.7. The quantitative estimate of drug-likeness (QED) is 0.0755. The number of nitriles is 1. The number of ketones is 1. The number of carbonyl (C=O) groups is 4. The third kappa shape index (κ3) is 7.40. The van der Waals surface area contributed by atoms with Crippen LogP contribution in [0.15, 0.2) is 113 Å². The summed E-state index contributed by atoms with van der Waals surface area (Å²) in [5.74, 6) is -1.11. The van der Waals surface area contributed by atoms with E-state index in [-0.39, 0.29) is 34.0 Å². The van der Waals surface area contributed by atoms with E-state index in [0.29, 0.717) is 33.9 Å². The van der Waals surface area contributed by atoms with Gasteiger partial charge in [0, 0.05) is 33.1 Å². The van der Waals surface area contributed by atoms with Crippen molar-refractivity contribution in [2.45, 2.75) is 16.7 Å². The molecule has 0 saturated carbocycles. The number of carbonyl (C=O) groups excluding carboxylic acids is 4. The van der Waals surface area contributed by atoms with Gasteiger partial charge in [0.1, 0.15) is 11.1 Å². The number of hydrogen-bond donors (Lipinski definition) is 0. The number of esters is 1. The molecule has 1 aromatic heterocycles. The largest absolute Gasteiger partial charge is 0.493 e. The van der Waals surface area contributed by atoms with Crippen LogP contribution < -0.4 is 14.4 Å². The molecule has 5 aromatic rings. The maximum absolute atomic E-state index is 13.8. The van der Waals surface area contributed by atoms with Gasteiger partial charge in [-0.3, -0.25) is 14.4 Å². The molecule has 0 radical (unpaired) electrons. The average Bonchev–Trinajstić information content (AvgIpc) is 3.44. The van der Waals surface area contributed by atoms with E-state index in [1.54, 1.807) is 42.5 Å². The number of ether oxygens (including phenoxy) is 3. The monoisotopic (exact) mass is 761 g/mol. The molecule has 4 aromatic carbocycles. The van der Waals surface area contributed by atoms with Crippen LogP contribution in [0.3, 0.4) is 0 Å². The zero-order chi connectivity index (χ0) is 36.1. The minimum absolute atomic E-state index is 0.134. The molecule has 1 unspecified atom stereocenters. The highest BCUT2D eigenvalue weighted by atomic mass is 79.9. The Morgan fingerprint density at radius 3 is 2.27 bits per heavy atom. The number of nitrogens with zero attached hydrogens (tertiary/aromatic N) is 3. The first kappa shape index (κ1) is 35.1. The number of thioether (sulfide) groups is 1. The maximum Gasteiger partial charge on any atom is 0.338 e. The van der Waals surface area contributed by atoms with Crippen LogP contribution in [0.4, 0.5) is 5.69 Å². The van der Waals surface area contributed by atoms with E-state index >= 15 is 0 Å². The lowest BCUT2D eigenvalue weighted by molar-refractivity contribution is -0.121. The lowest BCUT2D eigenvalue weighted by Crippen LogP contribution is -2.31. The van der Waals surface area contributed by atoms with Gasteiger partial charge in [-0.15, -0.1) is 0 Å². The molecule has 0 spiro atoms. The zero-order valence-electron chi connectivity index (χ0n) is 27.3. The number of rotatable bonds is 11. The number of Topliss-reactive ketones (excluding diaryl/α,β-unsaturated/α-hetero) is 1. The van der Waals surface area contributed by atoms with Gasteiger partial charge in [-0.05, 0) is 48.5 Å². The summed E-state index contributed by atoms with van der Waals surface area (Å²) in [5.41, 5.74) is 3.51. The summed E-state index contributed by atoms with van der Waals surface area (Å²) in [6, 6.07) is 31.3. The lowest BCUT2D eigenvalue weighted by Gasteiger charge is -2.18. The van der Waals surface area contributed by atoms with E-state index in [2.05, 4.69) is 22.0 Å². The van der Waals surface area contributed by atoms with Crippen molar-refractivity contribution < 1.29 is 33.4 Å². The van der Waals surface area contributed by atoms with Crippen molar-refractivity contribution in [2.24, 2.45) is 0 Å². The van der Waals surface area contributed by atoms with Crippen molar-refractivity contribution >= 4 is 56.9 Å². The van der Waals surface area contributed by atoms with Crippen LogP contribution in [-0.2, 0) is 14.3 Å². The van der Waals surface area contributed by atoms with Gasteiger partial charge in [0.05, 0.1) is 42.0 Å². The first-order valence-corrected chi connectivity index (χ1v) is 17.2. The highest BCUT2D eigenvalue weighted by Crippen LogP contribution is 2.44. The van der Waals surface area contributed by atoms with Crippen molar-refractivity contribution in [3.63, 3.8) is 0 Å². The second-order valence-electron chi connectivity index (χ2n) is 11.2. The standard InChI is InChI=1S/C39H28BrN3O7S/c1-48-33-10-6-9-28(36(33)49-2)29-19-31(23-7-4-3-5-8-23)42-37(30(29)21-41)51-34-20-35(45)43(38(34)46)27-17-13-25(14-18-27)39(47)50-22-32(44)24-11-15-26(40)16-12-24/h3-19,34H,20,22H2,1-2H3. The molecule has 2 heterocycles. The molecule has 0 N–H and O–H groups in total. The predicted octanol–water partition coefficient (Wildman–Crippen LogP) is 7.53. The van der Waals surface area contributed by atoms with Crippen molar-refractivity contribution in [3.8, 4) is 40.0 Å². The van der Waals surface area contributed by atoms with Gasteiger partial charge in [-0.1, -0.05) is 82.3 Å². The lowest BCUT2D eigenvalue weighted by atomic mass is 9.98.